The number of nitro benzene ring substituents is 1. The topological polar surface area (TPSA) is 91.3 Å². The zero-order valence-corrected chi connectivity index (χ0v) is 18.2. The monoisotopic (exact) mass is 472 g/mol. The Hall–Kier alpha value is -3.66. The zero-order valence-electron chi connectivity index (χ0n) is 18.2. The summed E-state index contributed by atoms with van der Waals surface area (Å²) in [6.45, 7) is 3.08. The van der Waals surface area contributed by atoms with Crippen LogP contribution in [-0.4, -0.2) is 46.9 Å². The molecule has 2 N–H and O–H groups in total. The van der Waals surface area contributed by atoms with Gasteiger partial charge >= 0.3 is 6.18 Å². The Balaban J connectivity index is 1.68. The predicted octanol–water partition coefficient (Wildman–Crippen LogP) is 5.10. The van der Waals surface area contributed by atoms with Gasteiger partial charge in [-0.1, -0.05) is 24.3 Å². The second-order valence-electron chi connectivity index (χ2n) is 8.13. The van der Waals surface area contributed by atoms with Crippen LogP contribution in [0.25, 0.3) is 22.5 Å². The van der Waals surface area contributed by atoms with E-state index in [9.17, 15) is 28.1 Å². The summed E-state index contributed by atoms with van der Waals surface area (Å²) < 4.78 is 38.8. The molecule has 3 aromatic rings. The minimum atomic E-state index is -4.47. The Bertz CT molecular complexity index is 1180. The Morgan fingerprint density at radius 2 is 1.76 bits per heavy atom. The van der Waals surface area contributed by atoms with Gasteiger partial charge in [0, 0.05) is 24.8 Å². The number of amides is 1. The number of aromatic amines is 1. The quantitative estimate of drug-likeness (QED) is 0.370. The Morgan fingerprint density at radius 3 is 2.41 bits per heavy atom. The number of para-hydroxylation sites is 1. The molecule has 1 amide bonds. The summed E-state index contributed by atoms with van der Waals surface area (Å²) in [5.74, 6) is -0.415. The van der Waals surface area contributed by atoms with E-state index < -0.39 is 22.6 Å². The van der Waals surface area contributed by atoms with Crippen molar-refractivity contribution < 1.29 is 22.9 Å². The van der Waals surface area contributed by atoms with E-state index in [0.717, 1.165) is 38.1 Å². The summed E-state index contributed by atoms with van der Waals surface area (Å²) in [6.07, 6.45) is -2.21. The van der Waals surface area contributed by atoms with Gasteiger partial charge in [-0.05, 0) is 55.8 Å². The van der Waals surface area contributed by atoms with Gasteiger partial charge in [0.25, 0.3) is 11.6 Å². The molecule has 1 aromatic heterocycles. The van der Waals surface area contributed by atoms with Gasteiger partial charge in [-0.15, -0.1) is 0 Å². The molecule has 10 heteroatoms. The highest BCUT2D eigenvalue weighted by Gasteiger charge is 2.30. The number of alkyl halides is 3. The molecule has 2 aromatic carbocycles. The van der Waals surface area contributed by atoms with Gasteiger partial charge < -0.3 is 15.2 Å². The van der Waals surface area contributed by atoms with Gasteiger partial charge in [0.1, 0.15) is 0 Å². The number of hydrogen-bond acceptors (Lipinski definition) is 4. The first-order chi connectivity index (χ1) is 16.2. The molecule has 0 spiro atoms. The molecule has 0 atom stereocenters. The number of H-pyrrole nitrogens is 1. The lowest BCUT2D eigenvalue weighted by atomic mass is 10.0. The molecule has 0 unspecified atom stereocenters. The highest BCUT2D eigenvalue weighted by Crippen LogP contribution is 2.36. The first kappa shape index (κ1) is 23.5. The smallest absolute Gasteiger partial charge is 0.354 e. The molecule has 34 heavy (non-hydrogen) atoms. The molecular formula is C24H23F3N4O3. The van der Waals surface area contributed by atoms with Crippen molar-refractivity contribution in [3.05, 3.63) is 75.8 Å². The fourth-order valence-corrected chi connectivity index (χ4v) is 4.11. The average Bonchev–Trinajstić information content (AvgIpc) is 3.49. The number of benzene rings is 2. The van der Waals surface area contributed by atoms with E-state index in [1.165, 1.54) is 36.4 Å². The van der Waals surface area contributed by atoms with Crippen molar-refractivity contribution in [3.8, 4) is 22.5 Å². The van der Waals surface area contributed by atoms with Crippen molar-refractivity contribution in [3.63, 3.8) is 0 Å². The Kier molecular flexibility index (Phi) is 6.69. The lowest BCUT2D eigenvalue weighted by Gasteiger charge is -2.14. The van der Waals surface area contributed by atoms with E-state index in [1.54, 1.807) is 6.07 Å². The van der Waals surface area contributed by atoms with E-state index in [4.69, 9.17) is 0 Å². The lowest BCUT2D eigenvalue weighted by molar-refractivity contribution is -0.384. The van der Waals surface area contributed by atoms with Crippen LogP contribution >= 0.6 is 0 Å². The fraction of sp³-hybridized carbons (Fsp3) is 0.292. The lowest BCUT2D eigenvalue weighted by Crippen LogP contribution is -2.33. The number of carbonyl (C=O) groups is 1. The van der Waals surface area contributed by atoms with Crippen molar-refractivity contribution in [2.75, 3.05) is 26.2 Å². The van der Waals surface area contributed by atoms with Gasteiger partial charge in [0.2, 0.25) is 0 Å². The first-order valence-corrected chi connectivity index (χ1v) is 10.9. The maximum atomic E-state index is 13.1. The van der Waals surface area contributed by atoms with Crippen LogP contribution in [0.5, 0.6) is 0 Å². The second-order valence-corrected chi connectivity index (χ2v) is 8.13. The van der Waals surface area contributed by atoms with Crippen molar-refractivity contribution in [2.24, 2.45) is 0 Å². The second kappa shape index (κ2) is 9.68. The third-order valence-electron chi connectivity index (χ3n) is 5.87. The number of aromatic nitrogens is 1. The third-order valence-corrected chi connectivity index (χ3v) is 5.87. The highest BCUT2D eigenvalue weighted by molar-refractivity contribution is 6.02. The molecule has 1 saturated heterocycles. The standard InChI is InChI=1S/C24H23F3N4O3/c25-24(26,27)17-9-7-16(8-10-17)20-15-19(23(32)28-11-14-30-12-3-4-13-30)22(29-20)18-5-1-2-6-21(18)31(33)34/h1-2,5-10,15,29H,3-4,11-14H2,(H,28,32). The van der Waals surface area contributed by atoms with Crippen molar-refractivity contribution in [2.45, 2.75) is 19.0 Å². The van der Waals surface area contributed by atoms with Crippen molar-refractivity contribution in [1.82, 2.24) is 15.2 Å². The normalized spacial score (nSPS) is 14.3. The number of nitrogens with zero attached hydrogens (tertiary/aromatic N) is 2. The summed E-state index contributed by atoms with van der Waals surface area (Å²) in [5, 5.41) is 14.4. The Labute approximate surface area is 193 Å². The largest absolute Gasteiger partial charge is 0.416 e. The molecular weight excluding hydrogens is 449 g/mol. The summed E-state index contributed by atoms with van der Waals surface area (Å²) in [4.78, 5) is 29.4. The van der Waals surface area contributed by atoms with E-state index in [1.807, 2.05) is 0 Å². The van der Waals surface area contributed by atoms with E-state index >= 15 is 0 Å². The number of nitrogens with one attached hydrogen (secondary N) is 2. The van der Waals surface area contributed by atoms with Gasteiger partial charge in [-0.3, -0.25) is 14.9 Å². The molecule has 0 radical (unpaired) electrons. The average molecular weight is 472 g/mol. The van der Waals surface area contributed by atoms with Crippen LogP contribution in [0.1, 0.15) is 28.8 Å². The zero-order chi connectivity index (χ0) is 24.3. The molecule has 7 nitrogen and oxygen atoms in total. The summed E-state index contributed by atoms with van der Waals surface area (Å²) in [6, 6.07) is 12.0. The van der Waals surface area contributed by atoms with Gasteiger partial charge in [-0.25, -0.2) is 0 Å². The van der Waals surface area contributed by atoms with Gasteiger partial charge in [0.15, 0.2) is 0 Å². The minimum Gasteiger partial charge on any atom is -0.354 e. The predicted molar refractivity (Wildman–Crippen MR) is 121 cm³/mol. The molecule has 1 fully saturated rings. The van der Waals surface area contributed by atoms with Crippen LogP contribution in [0, 0.1) is 10.1 Å². The third kappa shape index (κ3) is 5.12. The van der Waals surface area contributed by atoms with E-state index in [2.05, 4.69) is 15.2 Å². The minimum absolute atomic E-state index is 0.186. The maximum Gasteiger partial charge on any atom is 0.416 e. The van der Waals surface area contributed by atoms with Crippen LogP contribution in [-0.2, 0) is 6.18 Å². The van der Waals surface area contributed by atoms with E-state index in [-0.39, 0.29) is 22.5 Å². The molecule has 1 aliphatic rings. The molecule has 178 valence electrons. The number of hydrogen-bond donors (Lipinski definition) is 2. The molecule has 0 bridgehead atoms. The SMILES string of the molecule is O=C(NCCN1CCCC1)c1cc(-c2ccc(C(F)(F)F)cc2)[nH]c1-c1ccccc1[N+](=O)[O-]. The molecule has 0 saturated carbocycles. The maximum absolute atomic E-state index is 13.1. The van der Waals surface area contributed by atoms with Crippen LogP contribution in [0.3, 0.4) is 0 Å². The summed E-state index contributed by atoms with van der Waals surface area (Å²) in [5.41, 5.74) is 0.466. The van der Waals surface area contributed by atoms with Crippen LogP contribution < -0.4 is 5.32 Å². The number of halogens is 3. The van der Waals surface area contributed by atoms with E-state index in [0.29, 0.717) is 24.3 Å². The molecule has 1 aliphatic heterocycles. The number of nitro groups is 1. The number of carbonyl (C=O) groups excluding carboxylic acids is 1. The number of likely N-dealkylation sites (tertiary alicyclic amines) is 1. The van der Waals surface area contributed by atoms with Gasteiger partial charge in [-0.2, -0.15) is 13.2 Å². The van der Waals surface area contributed by atoms with Crippen LogP contribution in [0.4, 0.5) is 18.9 Å². The molecule has 4 rings (SSSR count). The summed E-state index contributed by atoms with van der Waals surface area (Å²) in [7, 11) is 0. The van der Waals surface area contributed by atoms with Crippen molar-refractivity contribution in [1.29, 1.82) is 0 Å². The summed E-state index contributed by atoms with van der Waals surface area (Å²) >= 11 is 0. The molecule has 0 aliphatic carbocycles. The fourth-order valence-electron chi connectivity index (χ4n) is 4.11. The highest BCUT2D eigenvalue weighted by atomic mass is 19.4. The molecule has 2 heterocycles. The van der Waals surface area contributed by atoms with Gasteiger partial charge in [0.05, 0.1) is 27.3 Å². The van der Waals surface area contributed by atoms with Crippen LogP contribution in [0.2, 0.25) is 0 Å². The Morgan fingerprint density at radius 1 is 1.09 bits per heavy atom. The first-order valence-electron chi connectivity index (χ1n) is 10.9. The number of rotatable bonds is 7. The van der Waals surface area contributed by atoms with Crippen molar-refractivity contribution >= 4 is 11.6 Å². The van der Waals surface area contributed by atoms with Crippen LogP contribution in [0.15, 0.2) is 54.6 Å².